The van der Waals surface area contributed by atoms with Crippen molar-refractivity contribution >= 4 is 23.2 Å². The summed E-state index contributed by atoms with van der Waals surface area (Å²) < 4.78 is 5.32. The summed E-state index contributed by atoms with van der Waals surface area (Å²) in [5.74, 6) is -0.955. The van der Waals surface area contributed by atoms with Crippen molar-refractivity contribution < 1.29 is 29.6 Å². The minimum absolute atomic E-state index is 0.0141. The molecule has 0 aromatic heterocycles. The van der Waals surface area contributed by atoms with Gasteiger partial charge in [0.25, 0.3) is 11.8 Å². The zero-order valence-corrected chi connectivity index (χ0v) is 19.0. The number of aliphatic hydroxyl groups excluding tert-OH is 2. The van der Waals surface area contributed by atoms with Crippen LogP contribution in [0.3, 0.4) is 0 Å². The Bertz CT molecular complexity index is 1030. The number of nitrogens with zero attached hydrogens (tertiary/aromatic N) is 1. The quantitative estimate of drug-likeness (QED) is 0.432. The smallest absolute Gasteiger partial charge is 0.264 e. The maximum atomic E-state index is 13.5. The van der Waals surface area contributed by atoms with Crippen molar-refractivity contribution in [3.63, 3.8) is 0 Å². The molecule has 1 aliphatic rings. The Morgan fingerprint density at radius 3 is 2.52 bits per heavy atom. The molecule has 0 saturated heterocycles. The molecule has 2 aromatic carbocycles. The Labute approximate surface area is 193 Å². The van der Waals surface area contributed by atoms with E-state index < -0.39 is 29.4 Å². The molecule has 3 rings (SSSR count). The molecule has 0 saturated carbocycles. The molecule has 3 atom stereocenters. The molecule has 176 valence electrons. The number of aliphatic hydroxyl groups is 3. The lowest BCUT2D eigenvalue weighted by atomic mass is 9.83. The van der Waals surface area contributed by atoms with Crippen LogP contribution in [0.2, 0.25) is 0 Å². The Morgan fingerprint density at radius 2 is 1.91 bits per heavy atom. The fourth-order valence-electron chi connectivity index (χ4n) is 3.85. The van der Waals surface area contributed by atoms with Crippen LogP contribution in [0.25, 0.3) is 0 Å². The molecule has 1 heterocycles. The van der Waals surface area contributed by atoms with Gasteiger partial charge in [-0.15, -0.1) is 0 Å². The average molecular weight is 455 g/mol. The second-order valence-electron chi connectivity index (χ2n) is 8.13. The van der Waals surface area contributed by atoms with Crippen molar-refractivity contribution in [2.45, 2.75) is 38.5 Å². The van der Waals surface area contributed by atoms with Crippen molar-refractivity contribution in [1.29, 1.82) is 0 Å². The number of carbonyl (C=O) groups is 2. The van der Waals surface area contributed by atoms with E-state index in [4.69, 9.17) is 9.84 Å². The number of hydrogen-bond acceptors (Lipinski definition) is 6. The molecular formula is C25H30N2O6. The summed E-state index contributed by atoms with van der Waals surface area (Å²) in [6.45, 7) is 3.35. The van der Waals surface area contributed by atoms with E-state index in [1.165, 1.54) is 18.9 Å². The number of benzene rings is 2. The molecular weight excluding hydrogens is 424 g/mol. The third-order valence-corrected chi connectivity index (χ3v) is 5.80. The highest BCUT2D eigenvalue weighted by atomic mass is 16.5. The van der Waals surface area contributed by atoms with Gasteiger partial charge in [0.15, 0.2) is 5.60 Å². The number of ether oxygens (including phenoxy) is 1. The molecule has 8 heteroatoms. The van der Waals surface area contributed by atoms with Crippen LogP contribution >= 0.6 is 0 Å². The highest BCUT2D eigenvalue weighted by molar-refractivity contribution is 6.07. The lowest BCUT2D eigenvalue weighted by molar-refractivity contribution is -0.139. The molecule has 0 radical (unpaired) electrons. The van der Waals surface area contributed by atoms with Crippen LogP contribution in [0.15, 0.2) is 54.6 Å². The first-order valence-electron chi connectivity index (χ1n) is 10.8. The molecule has 33 heavy (non-hydrogen) atoms. The molecule has 2 aromatic rings. The van der Waals surface area contributed by atoms with E-state index in [0.29, 0.717) is 29.1 Å². The van der Waals surface area contributed by atoms with Gasteiger partial charge in [0.1, 0.15) is 11.9 Å². The second kappa shape index (κ2) is 10.2. The summed E-state index contributed by atoms with van der Waals surface area (Å²) in [6, 6.07) is 12.1. The van der Waals surface area contributed by atoms with Crippen molar-refractivity contribution in [1.82, 2.24) is 0 Å². The van der Waals surface area contributed by atoms with Gasteiger partial charge in [-0.2, -0.15) is 0 Å². The van der Waals surface area contributed by atoms with Crippen LogP contribution in [-0.4, -0.2) is 47.0 Å². The van der Waals surface area contributed by atoms with Gasteiger partial charge in [-0.1, -0.05) is 31.2 Å². The molecule has 4 N–H and O–H groups in total. The van der Waals surface area contributed by atoms with Gasteiger partial charge >= 0.3 is 0 Å². The highest BCUT2D eigenvalue weighted by Gasteiger charge is 2.52. The summed E-state index contributed by atoms with van der Waals surface area (Å²) in [4.78, 5) is 26.7. The van der Waals surface area contributed by atoms with Crippen LogP contribution in [0.1, 0.15) is 31.4 Å². The first kappa shape index (κ1) is 24.4. The van der Waals surface area contributed by atoms with Crippen LogP contribution < -0.4 is 15.0 Å². The molecule has 0 unspecified atom stereocenters. The minimum atomic E-state index is -1.78. The largest absolute Gasteiger partial charge is 0.497 e. The van der Waals surface area contributed by atoms with Gasteiger partial charge in [0.05, 0.1) is 19.3 Å². The molecule has 0 aliphatic carbocycles. The van der Waals surface area contributed by atoms with E-state index in [1.807, 2.05) is 0 Å². The van der Waals surface area contributed by atoms with E-state index in [-0.39, 0.29) is 13.2 Å². The van der Waals surface area contributed by atoms with Crippen LogP contribution in [0.4, 0.5) is 11.4 Å². The topological polar surface area (TPSA) is 119 Å². The van der Waals surface area contributed by atoms with Crippen LogP contribution in [0, 0.1) is 5.92 Å². The zero-order valence-electron chi connectivity index (χ0n) is 19.0. The van der Waals surface area contributed by atoms with Gasteiger partial charge in [-0.3, -0.25) is 9.59 Å². The summed E-state index contributed by atoms with van der Waals surface area (Å²) in [6.07, 6.45) is 2.80. The van der Waals surface area contributed by atoms with Crippen molar-refractivity contribution in [3.8, 4) is 5.75 Å². The van der Waals surface area contributed by atoms with E-state index in [1.54, 1.807) is 61.5 Å². The first-order valence-corrected chi connectivity index (χ1v) is 10.8. The normalized spacial score (nSPS) is 19.5. The second-order valence-corrected chi connectivity index (χ2v) is 8.13. The monoisotopic (exact) mass is 454 g/mol. The molecule has 0 bridgehead atoms. The maximum Gasteiger partial charge on any atom is 0.264 e. The minimum Gasteiger partial charge on any atom is -0.497 e. The van der Waals surface area contributed by atoms with Gasteiger partial charge in [0, 0.05) is 23.8 Å². The number of methoxy groups -OCH3 is 1. The number of anilines is 2. The average Bonchev–Trinajstić information content (AvgIpc) is 3.02. The van der Waals surface area contributed by atoms with Gasteiger partial charge < -0.3 is 30.3 Å². The fraction of sp³-hybridized carbons (Fsp3) is 0.360. The zero-order chi connectivity index (χ0) is 24.2. The van der Waals surface area contributed by atoms with Gasteiger partial charge in [0.2, 0.25) is 0 Å². The Balaban J connectivity index is 1.90. The van der Waals surface area contributed by atoms with Crippen molar-refractivity contribution in [2.75, 3.05) is 23.9 Å². The first-order chi connectivity index (χ1) is 15.7. The molecule has 2 amide bonds. The lowest BCUT2D eigenvalue weighted by Gasteiger charge is -2.27. The third-order valence-electron chi connectivity index (χ3n) is 5.80. The van der Waals surface area contributed by atoms with Crippen molar-refractivity contribution in [2.24, 2.45) is 5.92 Å². The number of nitrogens with one attached hydrogen (secondary N) is 1. The Morgan fingerprint density at radius 1 is 1.21 bits per heavy atom. The van der Waals surface area contributed by atoms with Gasteiger partial charge in [-0.05, 0) is 49.2 Å². The van der Waals surface area contributed by atoms with Crippen LogP contribution in [-0.2, 0) is 21.7 Å². The van der Waals surface area contributed by atoms with E-state index in [0.717, 1.165) is 5.56 Å². The standard InChI is InChI=1S/C25H30N2O6/c1-16(6-4-5-13-28)25(32)21-14-20(33-3)11-12-22(21)27(24(25)31)15-18-7-9-19(10-8-18)26-23(30)17(2)29/h4,6-12,14,16-17,28-29,32H,5,13,15H2,1-3H3,(H,26,30)/b6-4+/t16-,17+,25+/m1/s1. The molecule has 8 nitrogen and oxygen atoms in total. The highest BCUT2D eigenvalue weighted by Crippen LogP contribution is 2.47. The Hall–Kier alpha value is -3.20. The summed E-state index contributed by atoms with van der Waals surface area (Å²) in [5, 5.41) is 32.6. The van der Waals surface area contributed by atoms with E-state index in [2.05, 4.69) is 5.32 Å². The summed E-state index contributed by atoms with van der Waals surface area (Å²) in [7, 11) is 1.53. The number of carbonyl (C=O) groups excluding carboxylic acids is 2. The van der Waals surface area contributed by atoms with E-state index >= 15 is 0 Å². The maximum absolute atomic E-state index is 13.5. The third kappa shape index (κ3) is 4.93. The van der Waals surface area contributed by atoms with Crippen LogP contribution in [0.5, 0.6) is 5.75 Å². The number of fused-ring (bicyclic) bond motifs is 1. The molecule has 1 aliphatic heterocycles. The fourth-order valence-corrected chi connectivity index (χ4v) is 3.85. The summed E-state index contributed by atoms with van der Waals surface area (Å²) >= 11 is 0. The molecule has 0 fully saturated rings. The van der Waals surface area contributed by atoms with E-state index in [9.17, 15) is 19.8 Å². The number of amides is 2. The number of hydrogen-bond donors (Lipinski definition) is 4. The SMILES string of the molecule is COc1ccc2c(c1)[C@@](O)([C@H](C)/C=C/CCO)C(=O)N2Cc1ccc(NC(=O)[C@H](C)O)cc1. The Kier molecular flexibility index (Phi) is 7.53. The predicted octanol–water partition coefficient (Wildman–Crippen LogP) is 2.32. The van der Waals surface area contributed by atoms with Crippen molar-refractivity contribution in [3.05, 3.63) is 65.7 Å². The molecule has 0 spiro atoms. The van der Waals surface area contributed by atoms with Gasteiger partial charge in [-0.25, -0.2) is 0 Å². The number of rotatable bonds is 9. The predicted molar refractivity (Wildman–Crippen MR) is 125 cm³/mol. The summed E-state index contributed by atoms with van der Waals surface area (Å²) in [5.41, 5.74) is 0.613. The lowest BCUT2D eigenvalue weighted by Crippen LogP contribution is -2.44.